The number of hydrogen-bond donors (Lipinski definition) is 2. The van der Waals surface area contributed by atoms with Crippen molar-refractivity contribution in [2.45, 2.75) is 0 Å². The average Bonchev–Trinajstić information content (AvgIpc) is 2.54. The minimum Gasteiger partial charge on any atom is -0.397 e. The Morgan fingerprint density at radius 2 is 1.83 bits per heavy atom. The minimum absolute atomic E-state index is 0.0889. The first kappa shape index (κ1) is 16.4. The van der Waals surface area contributed by atoms with Gasteiger partial charge in [0.15, 0.2) is 0 Å². The predicted molar refractivity (Wildman–Crippen MR) is 90.5 cm³/mol. The van der Waals surface area contributed by atoms with Crippen LogP contribution in [0.2, 0.25) is 0 Å². The third kappa shape index (κ3) is 5.08. The molecule has 0 aromatic heterocycles. The molecule has 6 nitrogen and oxygen atoms in total. The molecule has 0 bridgehead atoms. The quantitative estimate of drug-likeness (QED) is 0.823. The number of hydrogen-bond acceptors (Lipinski definition) is 5. The Bertz CT molecular complexity index is 848. The third-order valence-electron chi connectivity index (χ3n) is 2.98. The number of para-hydroxylation sites is 2. The molecule has 0 unspecified atom stereocenters. The second kappa shape index (κ2) is 7.90. The van der Waals surface area contributed by atoms with Crippen LogP contribution in [0.15, 0.2) is 59.0 Å². The Labute approximate surface area is 135 Å². The summed E-state index contributed by atoms with van der Waals surface area (Å²) in [6, 6.07) is 13.9. The summed E-state index contributed by atoms with van der Waals surface area (Å²) in [4.78, 5) is 12.1. The molecule has 0 saturated carbocycles. The van der Waals surface area contributed by atoms with Crippen LogP contribution >= 0.6 is 0 Å². The van der Waals surface area contributed by atoms with Crippen LogP contribution in [-0.2, 0) is 10.5 Å². The molecule has 0 aliphatic heterocycles. The maximum atomic E-state index is 12.1. The summed E-state index contributed by atoms with van der Waals surface area (Å²) in [5, 5.41) is 2.75. The van der Waals surface area contributed by atoms with Crippen molar-refractivity contribution >= 4 is 33.9 Å². The summed E-state index contributed by atoms with van der Waals surface area (Å²) in [7, 11) is -2.39. The monoisotopic (exact) mass is 329 g/mol. The maximum Gasteiger partial charge on any atom is 0.311 e. The van der Waals surface area contributed by atoms with E-state index in [1.165, 1.54) is 0 Å². The Morgan fingerprint density at radius 3 is 2.48 bits per heavy atom. The highest BCUT2D eigenvalue weighted by atomic mass is 32.2. The Kier molecular flexibility index (Phi) is 5.65. The van der Waals surface area contributed by atoms with Crippen molar-refractivity contribution in [1.29, 1.82) is 0 Å². The van der Waals surface area contributed by atoms with E-state index in [9.17, 15) is 13.2 Å². The highest BCUT2D eigenvalue weighted by molar-refractivity contribution is 7.61. The van der Waals surface area contributed by atoms with Crippen LogP contribution in [0.5, 0.6) is 0 Å². The first-order valence-electron chi connectivity index (χ1n) is 6.75. The molecule has 1 amide bonds. The zero-order valence-corrected chi connectivity index (χ0v) is 13.0. The number of nitrogens with two attached hydrogens (primary N) is 1. The van der Waals surface area contributed by atoms with E-state index in [1.807, 2.05) is 0 Å². The Morgan fingerprint density at radius 1 is 1.13 bits per heavy atom. The number of benzene rings is 2. The van der Waals surface area contributed by atoms with Crippen molar-refractivity contribution in [3.8, 4) is 0 Å². The van der Waals surface area contributed by atoms with Crippen molar-refractivity contribution in [3.63, 3.8) is 0 Å². The smallest absolute Gasteiger partial charge is 0.311 e. The van der Waals surface area contributed by atoms with E-state index >= 15 is 0 Å². The zero-order chi connectivity index (χ0) is 16.7. The van der Waals surface area contributed by atoms with Gasteiger partial charge >= 0.3 is 10.5 Å². The maximum absolute atomic E-state index is 12.1. The van der Waals surface area contributed by atoms with Gasteiger partial charge < -0.3 is 11.1 Å². The zero-order valence-electron chi connectivity index (χ0n) is 12.1. The van der Waals surface area contributed by atoms with Gasteiger partial charge in [0.2, 0.25) is 0 Å². The van der Waals surface area contributed by atoms with Gasteiger partial charge in [-0.25, -0.2) is 0 Å². The highest BCUT2D eigenvalue weighted by Gasteiger charge is 2.07. The Balaban J connectivity index is 2.03. The lowest BCUT2D eigenvalue weighted by Gasteiger charge is -2.07. The van der Waals surface area contributed by atoms with Crippen molar-refractivity contribution in [3.05, 3.63) is 65.7 Å². The van der Waals surface area contributed by atoms with Crippen molar-refractivity contribution in [2.75, 3.05) is 17.6 Å². The third-order valence-corrected chi connectivity index (χ3v) is 3.34. The lowest BCUT2D eigenvalue weighted by Crippen LogP contribution is -2.12. The molecule has 0 aliphatic carbocycles. The molecule has 118 valence electrons. The van der Waals surface area contributed by atoms with E-state index in [-0.39, 0.29) is 12.5 Å². The van der Waals surface area contributed by atoms with Gasteiger partial charge in [0.1, 0.15) is 0 Å². The largest absolute Gasteiger partial charge is 0.397 e. The topological polar surface area (TPSA) is 102 Å². The first-order valence-corrected chi connectivity index (χ1v) is 7.79. The standard InChI is InChI=1S/C16H15N3O3S/c17-14-5-1-2-6-15(14)19-16(20)13-9-7-12(8-10-13)4-3-11-18-23(21)22/h1-10H,11,17H2,(H,19,20). The lowest BCUT2D eigenvalue weighted by atomic mass is 10.1. The Hall–Kier alpha value is -2.93. The summed E-state index contributed by atoms with van der Waals surface area (Å²) < 4.78 is 23.8. The van der Waals surface area contributed by atoms with Gasteiger partial charge in [-0.15, -0.1) is 0 Å². The fourth-order valence-electron chi connectivity index (χ4n) is 1.84. The van der Waals surface area contributed by atoms with Gasteiger partial charge in [0, 0.05) is 5.56 Å². The molecular formula is C16H15N3O3S. The van der Waals surface area contributed by atoms with E-state index in [2.05, 4.69) is 9.68 Å². The molecular weight excluding hydrogens is 314 g/mol. The van der Waals surface area contributed by atoms with Gasteiger partial charge in [-0.2, -0.15) is 12.8 Å². The van der Waals surface area contributed by atoms with Gasteiger partial charge in [-0.3, -0.25) is 4.79 Å². The summed E-state index contributed by atoms with van der Waals surface area (Å²) in [6.07, 6.45) is 3.35. The number of nitrogens with one attached hydrogen (secondary N) is 1. The number of nitrogen functional groups attached to an aromatic ring is 1. The second-order valence-electron chi connectivity index (χ2n) is 4.59. The number of anilines is 2. The summed E-state index contributed by atoms with van der Waals surface area (Å²) in [6.45, 7) is 0.0889. The van der Waals surface area contributed by atoms with E-state index in [0.29, 0.717) is 16.9 Å². The molecule has 0 saturated heterocycles. The molecule has 0 heterocycles. The summed E-state index contributed by atoms with van der Waals surface area (Å²) in [5.74, 6) is -0.254. The van der Waals surface area contributed by atoms with Crippen molar-refractivity contribution < 1.29 is 13.2 Å². The summed E-state index contributed by atoms with van der Waals surface area (Å²) >= 11 is 0. The van der Waals surface area contributed by atoms with Gasteiger partial charge in [-0.1, -0.05) is 36.4 Å². The average molecular weight is 329 g/mol. The summed E-state index contributed by atoms with van der Waals surface area (Å²) in [5.41, 5.74) is 8.18. The van der Waals surface area contributed by atoms with Crippen LogP contribution in [0.3, 0.4) is 0 Å². The molecule has 2 aromatic rings. The van der Waals surface area contributed by atoms with E-state index in [4.69, 9.17) is 5.73 Å². The first-order chi connectivity index (χ1) is 11.1. The van der Waals surface area contributed by atoms with Crippen LogP contribution in [0.4, 0.5) is 11.4 Å². The number of rotatable bonds is 5. The van der Waals surface area contributed by atoms with E-state index in [1.54, 1.807) is 60.7 Å². The molecule has 0 spiro atoms. The molecule has 0 aliphatic rings. The van der Waals surface area contributed by atoms with Gasteiger partial charge in [0.25, 0.3) is 5.91 Å². The fourth-order valence-corrected chi connectivity index (χ4v) is 2.05. The molecule has 0 atom stereocenters. The normalized spacial score (nSPS) is 10.4. The molecule has 3 N–H and O–H groups in total. The fraction of sp³-hybridized carbons (Fsp3) is 0.0625. The number of amides is 1. The molecule has 0 fully saturated rings. The van der Waals surface area contributed by atoms with E-state index < -0.39 is 10.5 Å². The van der Waals surface area contributed by atoms with Crippen LogP contribution in [0.1, 0.15) is 15.9 Å². The molecule has 2 aromatic carbocycles. The number of nitrogens with zero attached hydrogens (tertiary/aromatic N) is 1. The lowest BCUT2D eigenvalue weighted by molar-refractivity contribution is 0.102. The van der Waals surface area contributed by atoms with Crippen molar-refractivity contribution in [2.24, 2.45) is 4.36 Å². The minimum atomic E-state index is -2.39. The van der Waals surface area contributed by atoms with Gasteiger partial charge in [-0.05, 0) is 29.8 Å². The van der Waals surface area contributed by atoms with E-state index in [0.717, 1.165) is 5.56 Å². The van der Waals surface area contributed by atoms with Crippen LogP contribution in [0, 0.1) is 0 Å². The molecule has 0 radical (unpaired) electrons. The number of carbonyl (C=O) groups excluding carboxylic acids is 1. The van der Waals surface area contributed by atoms with Crippen LogP contribution < -0.4 is 11.1 Å². The van der Waals surface area contributed by atoms with Gasteiger partial charge in [0.05, 0.1) is 17.9 Å². The molecule has 7 heteroatoms. The predicted octanol–water partition coefficient (Wildman–Crippen LogP) is 2.60. The van der Waals surface area contributed by atoms with Crippen molar-refractivity contribution in [1.82, 2.24) is 0 Å². The highest BCUT2D eigenvalue weighted by Crippen LogP contribution is 2.18. The SMILES string of the molecule is Nc1ccccc1NC(=O)c1ccc(C=CCN=S(=O)=O)cc1. The second-order valence-corrected chi connectivity index (χ2v) is 5.29. The molecule has 2 rings (SSSR count). The van der Waals surface area contributed by atoms with Crippen LogP contribution in [-0.4, -0.2) is 20.9 Å². The number of carbonyl (C=O) groups is 1. The molecule has 23 heavy (non-hydrogen) atoms. The van der Waals surface area contributed by atoms with Crippen LogP contribution in [0.25, 0.3) is 6.08 Å².